The maximum atomic E-state index is 11.3. The number of nitrogens with one attached hydrogen (secondary N) is 1. The van der Waals surface area contributed by atoms with Gasteiger partial charge in [0.15, 0.2) is 6.61 Å². The van der Waals surface area contributed by atoms with Crippen molar-refractivity contribution in [3.05, 3.63) is 12.0 Å². The standard InChI is InChI=1S/C10H13NO7/c1-2-16-10(14)11-8(12)6-18-9(13)7-5-15-3-4-17-7/h5H,2-4,6H2,1H3,(H,11,12,14). The van der Waals surface area contributed by atoms with Gasteiger partial charge in [-0.05, 0) is 6.92 Å². The third-order valence-corrected chi connectivity index (χ3v) is 1.70. The third-order valence-electron chi connectivity index (χ3n) is 1.70. The maximum Gasteiger partial charge on any atom is 0.413 e. The van der Waals surface area contributed by atoms with Gasteiger partial charge in [0.1, 0.15) is 19.5 Å². The third kappa shape index (κ3) is 4.73. The van der Waals surface area contributed by atoms with Crippen LogP contribution < -0.4 is 5.32 Å². The molecule has 0 atom stereocenters. The molecule has 8 nitrogen and oxygen atoms in total. The zero-order chi connectivity index (χ0) is 13.4. The molecule has 2 amide bonds. The molecule has 0 saturated carbocycles. The van der Waals surface area contributed by atoms with Crippen LogP contribution in [-0.4, -0.2) is 44.4 Å². The van der Waals surface area contributed by atoms with Crippen molar-refractivity contribution in [2.24, 2.45) is 0 Å². The number of carbonyl (C=O) groups excluding carboxylic acids is 3. The van der Waals surface area contributed by atoms with Gasteiger partial charge in [0.05, 0.1) is 6.61 Å². The van der Waals surface area contributed by atoms with Gasteiger partial charge in [-0.3, -0.25) is 10.1 Å². The van der Waals surface area contributed by atoms with Crippen LogP contribution in [0.1, 0.15) is 6.92 Å². The molecule has 0 aromatic rings. The molecule has 100 valence electrons. The predicted octanol–water partition coefficient (Wildman–Crippen LogP) is -0.310. The lowest BCUT2D eigenvalue weighted by Gasteiger charge is -2.14. The van der Waals surface area contributed by atoms with Crippen LogP contribution in [0.5, 0.6) is 0 Å². The van der Waals surface area contributed by atoms with E-state index in [2.05, 4.69) is 9.47 Å². The summed E-state index contributed by atoms with van der Waals surface area (Å²) >= 11 is 0. The molecule has 1 rings (SSSR count). The molecule has 8 heteroatoms. The number of alkyl carbamates (subject to hydrolysis) is 1. The zero-order valence-electron chi connectivity index (χ0n) is 9.76. The Labute approximate surface area is 103 Å². The minimum Gasteiger partial charge on any atom is -0.493 e. The van der Waals surface area contributed by atoms with Crippen molar-refractivity contribution < 1.29 is 33.3 Å². The molecule has 0 aromatic carbocycles. The molecule has 0 fully saturated rings. The molecular weight excluding hydrogens is 246 g/mol. The summed E-state index contributed by atoms with van der Waals surface area (Å²) in [6, 6.07) is 0. The van der Waals surface area contributed by atoms with Gasteiger partial charge in [0, 0.05) is 0 Å². The number of esters is 1. The first-order valence-electron chi connectivity index (χ1n) is 5.21. The monoisotopic (exact) mass is 259 g/mol. The minimum atomic E-state index is -0.894. The van der Waals surface area contributed by atoms with Crippen molar-refractivity contribution in [1.82, 2.24) is 5.32 Å². The number of amides is 2. The Bertz CT molecular complexity index is 363. The lowest BCUT2D eigenvalue weighted by atomic mass is 10.5. The SMILES string of the molecule is CCOC(=O)NC(=O)COC(=O)C1=COCCO1. The number of hydrogen-bond donors (Lipinski definition) is 1. The average Bonchev–Trinajstić information content (AvgIpc) is 2.37. The van der Waals surface area contributed by atoms with Crippen LogP contribution in [0.2, 0.25) is 0 Å². The average molecular weight is 259 g/mol. The van der Waals surface area contributed by atoms with Gasteiger partial charge in [-0.2, -0.15) is 0 Å². The van der Waals surface area contributed by atoms with Crippen LogP contribution >= 0.6 is 0 Å². The summed E-state index contributed by atoms with van der Waals surface area (Å²) < 4.78 is 18.8. The van der Waals surface area contributed by atoms with Gasteiger partial charge in [0.2, 0.25) is 5.76 Å². The molecule has 0 spiro atoms. The second-order valence-corrected chi connectivity index (χ2v) is 3.05. The lowest BCUT2D eigenvalue weighted by molar-refractivity contribution is -0.149. The number of carbonyl (C=O) groups is 3. The molecular formula is C10H13NO7. The van der Waals surface area contributed by atoms with E-state index in [-0.39, 0.29) is 19.0 Å². The van der Waals surface area contributed by atoms with Crippen molar-refractivity contribution in [1.29, 1.82) is 0 Å². The molecule has 1 N–H and O–H groups in total. The predicted molar refractivity (Wildman–Crippen MR) is 56.1 cm³/mol. The summed E-state index contributed by atoms with van der Waals surface area (Å²) in [6.07, 6.45) is 0.213. The first kappa shape index (κ1) is 13.8. The molecule has 18 heavy (non-hydrogen) atoms. The molecule has 1 aliphatic rings. The van der Waals surface area contributed by atoms with Gasteiger partial charge >= 0.3 is 12.1 Å². The van der Waals surface area contributed by atoms with Crippen molar-refractivity contribution in [2.45, 2.75) is 6.92 Å². The molecule has 0 aromatic heterocycles. The highest BCUT2D eigenvalue weighted by molar-refractivity contribution is 5.94. The molecule has 0 aliphatic carbocycles. The number of hydrogen-bond acceptors (Lipinski definition) is 7. The summed E-state index contributed by atoms with van der Waals surface area (Å²) in [7, 11) is 0. The van der Waals surface area contributed by atoms with Crippen molar-refractivity contribution in [3.8, 4) is 0 Å². The first-order valence-corrected chi connectivity index (χ1v) is 5.21. The van der Waals surface area contributed by atoms with Crippen molar-refractivity contribution in [2.75, 3.05) is 26.4 Å². The quantitative estimate of drug-likeness (QED) is 0.691. The number of ether oxygens (including phenoxy) is 4. The lowest BCUT2D eigenvalue weighted by Crippen LogP contribution is -2.35. The van der Waals surface area contributed by atoms with Crippen LogP contribution in [0.4, 0.5) is 4.79 Å². The fraction of sp³-hybridized carbons (Fsp3) is 0.500. The zero-order valence-corrected chi connectivity index (χ0v) is 9.76. The van der Waals surface area contributed by atoms with Crippen LogP contribution in [0, 0.1) is 0 Å². The summed E-state index contributed by atoms with van der Waals surface area (Å²) in [4.78, 5) is 33.3. The molecule has 1 heterocycles. The van der Waals surface area contributed by atoms with Crippen LogP contribution in [-0.2, 0) is 28.5 Å². The maximum absolute atomic E-state index is 11.3. The van der Waals surface area contributed by atoms with Crippen molar-refractivity contribution in [3.63, 3.8) is 0 Å². The Hall–Kier alpha value is -2.25. The highest BCUT2D eigenvalue weighted by atomic mass is 16.6. The Balaban J connectivity index is 2.27. The first-order chi connectivity index (χ1) is 8.63. The van der Waals surface area contributed by atoms with E-state index >= 15 is 0 Å². The molecule has 1 aliphatic heterocycles. The van der Waals surface area contributed by atoms with Crippen LogP contribution in [0.15, 0.2) is 12.0 Å². The molecule has 0 bridgehead atoms. The topological polar surface area (TPSA) is 100 Å². The van der Waals surface area contributed by atoms with E-state index in [1.54, 1.807) is 6.92 Å². The van der Waals surface area contributed by atoms with Crippen LogP contribution in [0.25, 0.3) is 0 Å². The van der Waals surface area contributed by atoms with E-state index in [1.807, 2.05) is 5.32 Å². The number of rotatable bonds is 4. The van der Waals surface area contributed by atoms with E-state index in [4.69, 9.17) is 9.47 Å². The largest absolute Gasteiger partial charge is 0.493 e. The Morgan fingerprint density at radius 2 is 2.11 bits per heavy atom. The van der Waals surface area contributed by atoms with Gasteiger partial charge in [-0.1, -0.05) is 0 Å². The van der Waals surface area contributed by atoms with E-state index in [0.717, 1.165) is 6.26 Å². The second-order valence-electron chi connectivity index (χ2n) is 3.05. The summed E-state index contributed by atoms with van der Waals surface area (Å²) in [5, 5.41) is 1.87. The molecule has 0 saturated heterocycles. The summed E-state index contributed by atoms with van der Waals surface area (Å²) in [5.41, 5.74) is 0. The van der Waals surface area contributed by atoms with Crippen molar-refractivity contribution >= 4 is 18.0 Å². The van der Waals surface area contributed by atoms with E-state index in [1.165, 1.54) is 0 Å². The Morgan fingerprint density at radius 3 is 2.72 bits per heavy atom. The van der Waals surface area contributed by atoms with Gasteiger partial charge < -0.3 is 18.9 Å². The summed E-state index contributed by atoms with van der Waals surface area (Å²) in [5.74, 6) is -1.75. The second kappa shape index (κ2) is 7.15. The Morgan fingerprint density at radius 1 is 1.33 bits per heavy atom. The molecule has 0 unspecified atom stereocenters. The molecule has 0 radical (unpaired) electrons. The summed E-state index contributed by atoms with van der Waals surface area (Å²) in [6.45, 7) is 1.70. The normalized spacial score (nSPS) is 13.5. The van der Waals surface area contributed by atoms with Gasteiger partial charge in [-0.25, -0.2) is 9.59 Å². The highest BCUT2D eigenvalue weighted by Crippen LogP contribution is 2.05. The Kier molecular flexibility index (Phi) is 5.49. The van der Waals surface area contributed by atoms with Gasteiger partial charge in [-0.15, -0.1) is 0 Å². The highest BCUT2D eigenvalue weighted by Gasteiger charge is 2.18. The smallest absolute Gasteiger partial charge is 0.413 e. The fourth-order valence-corrected chi connectivity index (χ4v) is 0.995. The van der Waals surface area contributed by atoms with E-state index < -0.39 is 24.6 Å². The fourth-order valence-electron chi connectivity index (χ4n) is 0.995. The van der Waals surface area contributed by atoms with Gasteiger partial charge in [0.25, 0.3) is 5.91 Å². The number of imide groups is 1. The van der Waals surface area contributed by atoms with E-state index in [9.17, 15) is 14.4 Å². The van der Waals surface area contributed by atoms with Crippen LogP contribution in [0.3, 0.4) is 0 Å². The van der Waals surface area contributed by atoms with E-state index in [0.29, 0.717) is 6.61 Å². The minimum absolute atomic E-state index is 0.120.